The van der Waals surface area contributed by atoms with Crippen LogP contribution in [0.3, 0.4) is 0 Å². The van der Waals surface area contributed by atoms with Crippen molar-refractivity contribution in [2.45, 2.75) is 38.9 Å². The van der Waals surface area contributed by atoms with Gasteiger partial charge in [-0.05, 0) is 24.8 Å². The van der Waals surface area contributed by atoms with Gasteiger partial charge in [-0.1, -0.05) is 13.8 Å². The zero-order valence-corrected chi connectivity index (χ0v) is 17.6. The minimum absolute atomic E-state index is 0.0869. The first-order valence-corrected chi connectivity index (χ1v) is 10.2. The minimum Gasteiger partial charge on any atom is -0.356 e. The number of rotatable bonds is 7. The second-order valence-corrected chi connectivity index (χ2v) is 7.89. The van der Waals surface area contributed by atoms with Crippen molar-refractivity contribution in [2.75, 3.05) is 25.0 Å². The highest BCUT2D eigenvalue weighted by atomic mass is 19.4. The van der Waals surface area contributed by atoms with Crippen LogP contribution in [-0.4, -0.2) is 63.5 Å². The van der Waals surface area contributed by atoms with E-state index in [0.717, 1.165) is 19.0 Å². The minimum atomic E-state index is -4.57. The lowest BCUT2D eigenvalue weighted by molar-refractivity contribution is -0.139. The number of alkyl halides is 3. The molecule has 1 atom stereocenters. The summed E-state index contributed by atoms with van der Waals surface area (Å²) in [4.78, 5) is 37.3. The van der Waals surface area contributed by atoms with E-state index < -0.39 is 36.4 Å². The number of anilines is 1. The molecule has 2 aromatic heterocycles. The van der Waals surface area contributed by atoms with Gasteiger partial charge in [0, 0.05) is 24.8 Å². The van der Waals surface area contributed by atoms with Gasteiger partial charge in [-0.2, -0.15) is 13.2 Å². The predicted octanol–water partition coefficient (Wildman–Crippen LogP) is 2.96. The molecule has 32 heavy (non-hydrogen) atoms. The summed E-state index contributed by atoms with van der Waals surface area (Å²) in [5.74, 6) is -2.66. The first-order chi connectivity index (χ1) is 15.0. The fourth-order valence-electron chi connectivity index (χ4n) is 3.32. The summed E-state index contributed by atoms with van der Waals surface area (Å²) < 4.78 is 51.6. The van der Waals surface area contributed by atoms with Gasteiger partial charge in [0.05, 0.1) is 6.20 Å². The van der Waals surface area contributed by atoms with Crippen molar-refractivity contribution < 1.29 is 27.2 Å². The molecule has 0 unspecified atom stereocenters. The molecule has 0 bridgehead atoms. The molecule has 1 saturated heterocycles. The molecule has 2 aromatic rings. The standard InChI is InChI=1S/C20H24F4N6O2/c1-11(2)15(18(31)27-10-20(22,23)24)28-17-13(21)9-26-16(29-17)12-7-14(25-8-12)19(32)30-5-3-4-6-30/h7-9,11,15,25H,3-6,10H2,1-2H3,(H,27,31)(H,26,28,29)/t15-/m1/s1. The third kappa shape index (κ3) is 5.74. The van der Waals surface area contributed by atoms with Gasteiger partial charge in [0.2, 0.25) is 5.91 Å². The van der Waals surface area contributed by atoms with Crippen molar-refractivity contribution in [3.05, 3.63) is 30.0 Å². The lowest BCUT2D eigenvalue weighted by atomic mass is 10.0. The fourth-order valence-corrected chi connectivity index (χ4v) is 3.32. The molecule has 0 radical (unpaired) electrons. The van der Waals surface area contributed by atoms with Crippen molar-refractivity contribution >= 4 is 17.6 Å². The lowest BCUT2D eigenvalue weighted by Gasteiger charge is -2.23. The van der Waals surface area contributed by atoms with E-state index in [0.29, 0.717) is 24.3 Å². The number of H-pyrrole nitrogens is 1. The van der Waals surface area contributed by atoms with Crippen LogP contribution < -0.4 is 10.6 Å². The summed E-state index contributed by atoms with van der Waals surface area (Å²) in [5.41, 5.74) is 0.772. The number of carbonyl (C=O) groups is 2. The van der Waals surface area contributed by atoms with Crippen molar-refractivity contribution in [3.8, 4) is 11.4 Å². The topological polar surface area (TPSA) is 103 Å². The highest BCUT2D eigenvalue weighted by molar-refractivity contribution is 5.94. The van der Waals surface area contributed by atoms with Crippen LogP contribution in [0.1, 0.15) is 37.2 Å². The summed E-state index contributed by atoms with van der Waals surface area (Å²) in [5, 5.41) is 4.37. The number of carbonyl (C=O) groups excluding carboxylic acids is 2. The van der Waals surface area contributed by atoms with E-state index in [1.165, 1.54) is 6.20 Å². The second-order valence-electron chi connectivity index (χ2n) is 7.89. The highest BCUT2D eigenvalue weighted by Gasteiger charge is 2.31. The lowest BCUT2D eigenvalue weighted by Crippen LogP contribution is -2.46. The van der Waals surface area contributed by atoms with Crippen molar-refractivity contribution in [3.63, 3.8) is 0 Å². The number of nitrogens with zero attached hydrogens (tertiary/aromatic N) is 3. The van der Waals surface area contributed by atoms with Crippen LogP contribution in [0, 0.1) is 11.7 Å². The van der Waals surface area contributed by atoms with Crippen molar-refractivity contribution in [1.82, 2.24) is 25.2 Å². The number of aromatic nitrogens is 3. The average Bonchev–Trinajstić information content (AvgIpc) is 3.42. The summed E-state index contributed by atoms with van der Waals surface area (Å²) in [6, 6.07) is 0.390. The van der Waals surface area contributed by atoms with Gasteiger partial charge < -0.3 is 20.5 Å². The molecule has 0 aliphatic carbocycles. The van der Waals surface area contributed by atoms with Gasteiger partial charge in [-0.3, -0.25) is 9.59 Å². The summed E-state index contributed by atoms with van der Waals surface area (Å²) in [7, 11) is 0. The Balaban J connectivity index is 1.77. The molecule has 1 fully saturated rings. The Labute approximate surface area is 181 Å². The average molecular weight is 456 g/mol. The number of hydrogen-bond acceptors (Lipinski definition) is 5. The van der Waals surface area contributed by atoms with E-state index in [9.17, 15) is 27.2 Å². The Morgan fingerprint density at radius 2 is 1.94 bits per heavy atom. The smallest absolute Gasteiger partial charge is 0.356 e. The molecule has 0 spiro atoms. The monoisotopic (exact) mass is 456 g/mol. The largest absolute Gasteiger partial charge is 0.405 e. The first kappa shape index (κ1) is 23.5. The summed E-state index contributed by atoms with van der Waals surface area (Å²) >= 11 is 0. The van der Waals surface area contributed by atoms with E-state index in [1.807, 2.05) is 0 Å². The Morgan fingerprint density at radius 3 is 2.56 bits per heavy atom. The maximum Gasteiger partial charge on any atom is 0.405 e. The summed E-state index contributed by atoms with van der Waals surface area (Å²) in [6.07, 6.45) is -0.268. The maximum absolute atomic E-state index is 14.3. The molecule has 12 heteroatoms. The number of nitrogens with one attached hydrogen (secondary N) is 3. The van der Waals surface area contributed by atoms with Gasteiger partial charge in [0.1, 0.15) is 18.3 Å². The number of likely N-dealkylation sites (tertiary alicyclic amines) is 1. The Bertz CT molecular complexity index is 969. The normalized spacial score (nSPS) is 15.2. The fraction of sp³-hybridized carbons (Fsp3) is 0.500. The van der Waals surface area contributed by atoms with E-state index >= 15 is 0 Å². The Kier molecular flexibility index (Phi) is 6.99. The molecule has 174 valence electrons. The maximum atomic E-state index is 14.3. The van der Waals surface area contributed by atoms with Crippen LogP contribution in [-0.2, 0) is 4.79 Å². The SMILES string of the molecule is CC(C)[C@@H](Nc1nc(-c2c[nH]c(C(=O)N3CCCC3)c2)ncc1F)C(=O)NCC(F)(F)F. The predicted molar refractivity (Wildman–Crippen MR) is 108 cm³/mol. The van der Waals surface area contributed by atoms with Crippen LogP contribution in [0.4, 0.5) is 23.4 Å². The molecular weight excluding hydrogens is 432 g/mol. The van der Waals surface area contributed by atoms with Gasteiger partial charge in [-0.25, -0.2) is 14.4 Å². The quantitative estimate of drug-likeness (QED) is 0.556. The van der Waals surface area contributed by atoms with Crippen LogP contribution in [0.15, 0.2) is 18.5 Å². The molecule has 2 amide bonds. The van der Waals surface area contributed by atoms with Gasteiger partial charge in [0.15, 0.2) is 17.5 Å². The molecule has 3 rings (SSSR count). The van der Waals surface area contributed by atoms with E-state index in [2.05, 4.69) is 20.3 Å². The number of halogens is 4. The zero-order chi connectivity index (χ0) is 23.5. The first-order valence-electron chi connectivity index (χ1n) is 10.2. The Hall–Kier alpha value is -3.18. The molecule has 0 saturated carbocycles. The molecule has 1 aliphatic rings. The number of amides is 2. The third-order valence-corrected chi connectivity index (χ3v) is 5.01. The van der Waals surface area contributed by atoms with Crippen LogP contribution >= 0.6 is 0 Å². The van der Waals surface area contributed by atoms with E-state index in [-0.39, 0.29) is 17.5 Å². The molecule has 3 heterocycles. The molecule has 1 aliphatic heterocycles. The third-order valence-electron chi connectivity index (χ3n) is 5.01. The summed E-state index contributed by atoms with van der Waals surface area (Å²) in [6.45, 7) is 3.08. The molecule has 0 aromatic carbocycles. The van der Waals surface area contributed by atoms with Gasteiger partial charge in [0.25, 0.3) is 5.91 Å². The van der Waals surface area contributed by atoms with E-state index in [1.54, 1.807) is 30.1 Å². The number of aromatic amines is 1. The van der Waals surface area contributed by atoms with Crippen molar-refractivity contribution in [1.29, 1.82) is 0 Å². The second kappa shape index (κ2) is 9.53. The Morgan fingerprint density at radius 1 is 1.25 bits per heavy atom. The van der Waals surface area contributed by atoms with Crippen molar-refractivity contribution in [2.24, 2.45) is 5.92 Å². The molecule has 3 N–H and O–H groups in total. The van der Waals surface area contributed by atoms with Crippen LogP contribution in [0.5, 0.6) is 0 Å². The van der Waals surface area contributed by atoms with Crippen LogP contribution in [0.25, 0.3) is 11.4 Å². The van der Waals surface area contributed by atoms with Gasteiger partial charge in [-0.15, -0.1) is 0 Å². The van der Waals surface area contributed by atoms with Gasteiger partial charge >= 0.3 is 6.18 Å². The zero-order valence-electron chi connectivity index (χ0n) is 17.6. The highest BCUT2D eigenvalue weighted by Crippen LogP contribution is 2.22. The number of hydrogen-bond donors (Lipinski definition) is 3. The van der Waals surface area contributed by atoms with E-state index in [4.69, 9.17) is 0 Å². The molecular formula is C20H24F4N6O2. The van der Waals surface area contributed by atoms with Crippen LogP contribution in [0.2, 0.25) is 0 Å². The molecule has 8 nitrogen and oxygen atoms in total.